The van der Waals surface area contributed by atoms with Crippen LogP contribution in [0.15, 0.2) is 11.6 Å². The summed E-state index contributed by atoms with van der Waals surface area (Å²) in [6.45, 7) is 17.5. The number of ketones is 1. The molecule has 0 saturated heterocycles. The Morgan fingerprint density at radius 1 is 1.02 bits per heavy atom. The van der Waals surface area contributed by atoms with Gasteiger partial charge in [0.1, 0.15) is 16.6 Å². The third kappa shape index (κ3) is 3.66. The van der Waals surface area contributed by atoms with Gasteiger partial charge in [0.2, 0.25) is 0 Å². The lowest BCUT2D eigenvalue weighted by atomic mass is 9.33. The van der Waals surface area contributed by atoms with E-state index in [2.05, 4.69) is 74.9 Å². The lowest BCUT2D eigenvalue weighted by molar-refractivity contribution is -0.166. The summed E-state index contributed by atoms with van der Waals surface area (Å²) in [6, 6.07) is 0. The van der Waals surface area contributed by atoms with E-state index in [1.807, 2.05) is 0 Å². The number of aromatic amines is 2. The molecule has 228 valence electrons. The number of H-pyrrole nitrogens is 2. The van der Waals surface area contributed by atoms with Crippen molar-refractivity contribution in [3.05, 3.63) is 31.9 Å². The van der Waals surface area contributed by atoms with Crippen LogP contribution in [0.1, 0.15) is 116 Å². The standard InChI is InChI=1S/C34H49N5OS2/c1-29(2)12-14-34(24(40)16-25-36-39-28(41)42-25)15-13-32(6)20(21(34)18-29)8-9-23-31(5)17-19-26(37-38-27(19)35)30(3,4)22(31)10-11-33(23,32)7/h8,21-23H,9-18H2,1-7H3,(H,39,41)(H3,35,37,38)/t21?,22?,23?,31-,32+,33+,34-/m0/s1. The fraction of sp³-hybridized carbons (Fsp3) is 0.765. The Morgan fingerprint density at radius 3 is 2.48 bits per heavy atom. The second-order valence-corrected chi connectivity index (χ2v) is 18.6. The number of aromatic nitrogens is 4. The summed E-state index contributed by atoms with van der Waals surface area (Å²) in [5.74, 6) is 2.53. The second-order valence-electron chi connectivity index (χ2n) is 16.8. The van der Waals surface area contributed by atoms with E-state index in [1.165, 1.54) is 35.4 Å². The Balaban J connectivity index is 1.31. The van der Waals surface area contributed by atoms with Gasteiger partial charge >= 0.3 is 0 Å². The summed E-state index contributed by atoms with van der Waals surface area (Å²) < 4.78 is 0.654. The van der Waals surface area contributed by atoms with E-state index in [1.54, 1.807) is 5.57 Å². The van der Waals surface area contributed by atoms with Crippen LogP contribution in [0, 0.1) is 48.8 Å². The van der Waals surface area contributed by atoms with E-state index >= 15 is 0 Å². The Morgan fingerprint density at radius 2 is 1.76 bits per heavy atom. The van der Waals surface area contributed by atoms with E-state index in [-0.39, 0.29) is 32.5 Å². The summed E-state index contributed by atoms with van der Waals surface area (Å²) in [5, 5.41) is 16.0. The molecule has 5 aliphatic rings. The van der Waals surface area contributed by atoms with Crippen molar-refractivity contribution >= 4 is 35.2 Å². The normalized spacial score (nSPS) is 41.4. The average Bonchev–Trinajstić information content (AvgIpc) is 3.48. The molecule has 7 atom stereocenters. The number of fused-ring (bicyclic) bond motifs is 8. The van der Waals surface area contributed by atoms with E-state index in [0.717, 1.165) is 50.0 Å². The van der Waals surface area contributed by atoms with Crippen molar-refractivity contribution in [2.75, 3.05) is 5.73 Å². The first kappa shape index (κ1) is 28.9. The minimum absolute atomic E-state index is 0.0128. The number of hydrogen-bond acceptors (Lipinski definition) is 6. The highest BCUT2D eigenvalue weighted by molar-refractivity contribution is 7.73. The number of carbonyl (C=O) groups excluding carboxylic acids is 1. The number of Topliss-reactive ketones (excluding diaryl/α,β-unsaturated/α-hetero) is 1. The van der Waals surface area contributed by atoms with Crippen LogP contribution in [0.4, 0.5) is 5.82 Å². The van der Waals surface area contributed by atoms with Crippen LogP contribution in [-0.4, -0.2) is 26.2 Å². The molecule has 8 heteroatoms. The van der Waals surface area contributed by atoms with Crippen molar-refractivity contribution in [1.82, 2.24) is 20.4 Å². The number of allylic oxidation sites excluding steroid dienone is 2. The van der Waals surface area contributed by atoms with Gasteiger partial charge in [0.15, 0.2) is 3.95 Å². The summed E-state index contributed by atoms with van der Waals surface area (Å²) >= 11 is 6.75. The predicted octanol–water partition coefficient (Wildman–Crippen LogP) is 8.13. The molecule has 0 amide bonds. The molecule has 3 fully saturated rings. The lowest BCUT2D eigenvalue weighted by Crippen LogP contribution is -2.64. The molecule has 3 saturated carbocycles. The SMILES string of the molecule is CC1(C)CC[C@]2(C(=O)Cc3n[nH]c(=S)s3)CC[C@]3(C)C(=CCC4[C@@]5(C)Cc6c(N)n[nH]c6C(C)(C)C5CC[C@]43C)C2C1. The van der Waals surface area contributed by atoms with Crippen LogP contribution >= 0.6 is 23.6 Å². The van der Waals surface area contributed by atoms with E-state index in [9.17, 15) is 4.79 Å². The number of carbonyl (C=O) groups is 1. The van der Waals surface area contributed by atoms with Crippen LogP contribution in [0.5, 0.6) is 0 Å². The fourth-order valence-corrected chi connectivity index (χ4v) is 12.8. The first-order chi connectivity index (χ1) is 19.6. The minimum Gasteiger partial charge on any atom is -0.382 e. The largest absolute Gasteiger partial charge is 0.382 e. The van der Waals surface area contributed by atoms with Crippen LogP contribution in [0.2, 0.25) is 0 Å². The highest BCUT2D eigenvalue weighted by atomic mass is 32.1. The van der Waals surface area contributed by atoms with Gasteiger partial charge in [-0.25, -0.2) is 0 Å². The van der Waals surface area contributed by atoms with Gasteiger partial charge < -0.3 is 5.73 Å². The topological polar surface area (TPSA) is 100 Å². The lowest BCUT2D eigenvalue weighted by Gasteiger charge is -2.70. The first-order valence-corrected chi connectivity index (χ1v) is 17.4. The van der Waals surface area contributed by atoms with Gasteiger partial charge in [0.25, 0.3) is 0 Å². The van der Waals surface area contributed by atoms with Crippen LogP contribution < -0.4 is 5.73 Å². The van der Waals surface area contributed by atoms with Gasteiger partial charge in [0, 0.05) is 22.1 Å². The number of anilines is 1. The monoisotopic (exact) mass is 607 g/mol. The Kier molecular flexibility index (Phi) is 6.13. The molecule has 0 radical (unpaired) electrons. The van der Waals surface area contributed by atoms with E-state index < -0.39 is 0 Å². The maximum absolute atomic E-state index is 14.4. The molecule has 7 rings (SSSR count). The van der Waals surface area contributed by atoms with Gasteiger partial charge in [-0.05, 0) is 109 Å². The number of nitrogens with one attached hydrogen (secondary N) is 2. The third-order valence-corrected chi connectivity index (χ3v) is 15.3. The average molecular weight is 608 g/mol. The molecule has 0 aliphatic heterocycles. The summed E-state index contributed by atoms with van der Waals surface area (Å²) in [4.78, 5) is 14.4. The number of nitrogens with zero attached hydrogens (tertiary/aromatic N) is 2. The summed E-state index contributed by atoms with van der Waals surface area (Å²) in [5.41, 5.74) is 11.0. The maximum atomic E-state index is 14.4. The molecule has 2 aromatic heterocycles. The van der Waals surface area contributed by atoms with Crippen LogP contribution in [0.25, 0.3) is 0 Å². The van der Waals surface area contributed by atoms with Gasteiger partial charge in [-0.15, -0.1) is 0 Å². The smallest absolute Gasteiger partial charge is 0.176 e. The maximum Gasteiger partial charge on any atom is 0.176 e. The molecule has 0 bridgehead atoms. The highest BCUT2D eigenvalue weighted by Crippen LogP contribution is 2.75. The zero-order valence-corrected chi connectivity index (χ0v) is 28.2. The summed E-state index contributed by atoms with van der Waals surface area (Å²) in [7, 11) is 0. The number of nitrogens with two attached hydrogens (primary N) is 1. The second kappa shape index (κ2) is 8.89. The molecule has 2 aromatic rings. The zero-order valence-electron chi connectivity index (χ0n) is 26.6. The van der Waals surface area contributed by atoms with Crippen molar-refractivity contribution in [2.45, 2.75) is 118 Å². The molecule has 6 nitrogen and oxygen atoms in total. The molecule has 3 unspecified atom stereocenters. The molecule has 0 spiro atoms. The third-order valence-electron chi connectivity index (χ3n) is 14.2. The van der Waals surface area contributed by atoms with Crippen LogP contribution in [0.3, 0.4) is 0 Å². The van der Waals surface area contributed by atoms with Crippen molar-refractivity contribution in [3.63, 3.8) is 0 Å². The van der Waals surface area contributed by atoms with Crippen molar-refractivity contribution in [3.8, 4) is 0 Å². The Bertz CT molecular complexity index is 1550. The summed E-state index contributed by atoms with van der Waals surface area (Å²) in [6.07, 6.45) is 12.9. The van der Waals surface area contributed by atoms with E-state index in [4.69, 9.17) is 18.0 Å². The van der Waals surface area contributed by atoms with Crippen molar-refractivity contribution < 1.29 is 4.79 Å². The zero-order chi connectivity index (χ0) is 30.1. The molecule has 0 aromatic carbocycles. The highest BCUT2D eigenvalue weighted by Gasteiger charge is 2.69. The number of rotatable bonds is 3. The van der Waals surface area contributed by atoms with Crippen molar-refractivity contribution in [1.29, 1.82) is 0 Å². The van der Waals surface area contributed by atoms with Crippen LogP contribution in [-0.2, 0) is 23.1 Å². The molecule has 2 heterocycles. The van der Waals surface area contributed by atoms with Crippen molar-refractivity contribution in [2.24, 2.45) is 44.8 Å². The number of nitrogen functional groups attached to an aromatic ring is 1. The molecule has 5 aliphatic carbocycles. The van der Waals surface area contributed by atoms with E-state index in [0.29, 0.717) is 39.7 Å². The molecular weight excluding hydrogens is 559 g/mol. The van der Waals surface area contributed by atoms with Gasteiger partial charge in [-0.3, -0.25) is 15.0 Å². The number of hydrogen-bond donors (Lipinski definition) is 3. The van der Waals surface area contributed by atoms with Gasteiger partial charge in [0.05, 0.1) is 6.42 Å². The molecule has 42 heavy (non-hydrogen) atoms. The quantitative estimate of drug-likeness (QED) is 0.242. The van der Waals surface area contributed by atoms with Gasteiger partial charge in [-0.2, -0.15) is 10.2 Å². The fourth-order valence-electron chi connectivity index (χ4n) is 11.8. The predicted molar refractivity (Wildman–Crippen MR) is 172 cm³/mol. The Hall–Kier alpha value is -1.80. The minimum atomic E-state index is -0.286. The first-order valence-electron chi connectivity index (χ1n) is 16.2. The Labute approximate surface area is 260 Å². The molecule has 4 N–H and O–H groups in total. The molecular formula is C34H49N5OS2. The van der Waals surface area contributed by atoms with Gasteiger partial charge in [-0.1, -0.05) is 71.5 Å².